The van der Waals surface area contributed by atoms with E-state index in [-0.39, 0.29) is 5.56 Å². The Bertz CT molecular complexity index is 502. The van der Waals surface area contributed by atoms with E-state index in [1.165, 1.54) is 0 Å². The van der Waals surface area contributed by atoms with E-state index in [9.17, 15) is 26.7 Å². The monoisotopic (exact) mass is 298 g/mol. The second-order valence-corrected chi connectivity index (χ2v) is 3.78. The summed E-state index contributed by atoms with van der Waals surface area (Å²) in [5.41, 5.74) is 1.71. The first-order chi connectivity index (χ1) is 9.22. The Balaban J connectivity index is 3.46. The van der Waals surface area contributed by atoms with E-state index in [0.717, 1.165) is 7.11 Å². The first kappa shape index (κ1) is 16.3. The Morgan fingerprint density at radius 3 is 2.45 bits per heavy atom. The molecule has 0 fully saturated rings. The van der Waals surface area contributed by atoms with Crippen molar-refractivity contribution in [3.8, 4) is 0 Å². The summed E-state index contributed by atoms with van der Waals surface area (Å²) in [5, 5.41) is 0. The van der Waals surface area contributed by atoms with E-state index < -0.39 is 48.4 Å². The summed E-state index contributed by atoms with van der Waals surface area (Å²) in [6.45, 7) is -0.572. The van der Waals surface area contributed by atoms with Crippen LogP contribution in [0.15, 0.2) is 6.20 Å². The van der Waals surface area contributed by atoms with Crippen molar-refractivity contribution in [1.29, 1.82) is 0 Å². The van der Waals surface area contributed by atoms with Gasteiger partial charge in [0.25, 0.3) is 6.43 Å². The summed E-state index contributed by atoms with van der Waals surface area (Å²) in [7, 11) is 1.07. The van der Waals surface area contributed by atoms with Crippen LogP contribution in [0.1, 0.15) is 28.8 Å². The zero-order valence-corrected chi connectivity index (χ0v) is 10.3. The molecule has 1 heterocycles. The minimum absolute atomic E-state index is 0.109. The zero-order chi connectivity index (χ0) is 15.5. The number of hydrogen-bond acceptors (Lipinski definition) is 4. The Morgan fingerprint density at radius 1 is 1.45 bits per heavy atom. The SMILES string of the molecule is COC(=O)Cc1cnc(C(F)(F)F)c(C(F)F)c1CN. The van der Waals surface area contributed by atoms with Gasteiger partial charge >= 0.3 is 12.1 Å². The van der Waals surface area contributed by atoms with Crippen LogP contribution in [0.5, 0.6) is 0 Å². The first-order valence-corrected chi connectivity index (χ1v) is 5.35. The van der Waals surface area contributed by atoms with Crippen LogP contribution in [-0.4, -0.2) is 18.1 Å². The highest BCUT2D eigenvalue weighted by atomic mass is 19.4. The van der Waals surface area contributed by atoms with Crippen LogP contribution in [0.3, 0.4) is 0 Å². The van der Waals surface area contributed by atoms with Crippen molar-refractivity contribution >= 4 is 5.97 Å². The highest BCUT2D eigenvalue weighted by molar-refractivity contribution is 5.73. The Kier molecular flexibility index (Phi) is 4.98. The number of hydrogen-bond donors (Lipinski definition) is 1. The Hall–Kier alpha value is -1.77. The van der Waals surface area contributed by atoms with Gasteiger partial charge in [0.2, 0.25) is 0 Å². The maximum Gasteiger partial charge on any atom is 0.433 e. The van der Waals surface area contributed by atoms with E-state index in [4.69, 9.17) is 5.73 Å². The third kappa shape index (κ3) is 3.41. The number of halogens is 5. The number of rotatable bonds is 4. The number of pyridine rings is 1. The zero-order valence-electron chi connectivity index (χ0n) is 10.3. The lowest BCUT2D eigenvalue weighted by atomic mass is 9.99. The molecule has 0 unspecified atom stereocenters. The van der Waals surface area contributed by atoms with Gasteiger partial charge in [-0.3, -0.25) is 9.78 Å². The Morgan fingerprint density at radius 2 is 2.05 bits per heavy atom. The fourth-order valence-corrected chi connectivity index (χ4v) is 1.69. The molecule has 0 saturated carbocycles. The minimum Gasteiger partial charge on any atom is -0.469 e. The Labute approximate surface area is 110 Å². The van der Waals surface area contributed by atoms with Gasteiger partial charge in [0.15, 0.2) is 5.69 Å². The largest absolute Gasteiger partial charge is 0.469 e. The maximum absolute atomic E-state index is 12.9. The van der Waals surface area contributed by atoms with Gasteiger partial charge in [0.05, 0.1) is 19.1 Å². The topological polar surface area (TPSA) is 65.2 Å². The average molecular weight is 298 g/mol. The molecule has 0 bridgehead atoms. The molecular formula is C11H11F5N2O2. The minimum atomic E-state index is -5.03. The molecule has 0 saturated heterocycles. The van der Waals surface area contributed by atoms with Gasteiger partial charge < -0.3 is 10.5 Å². The maximum atomic E-state index is 12.9. The third-order valence-corrected chi connectivity index (χ3v) is 2.57. The van der Waals surface area contributed by atoms with Crippen LogP contribution < -0.4 is 5.73 Å². The van der Waals surface area contributed by atoms with Gasteiger partial charge in [0.1, 0.15) is 0 Å². The van der Waals surface area contributed by atoms with Crippen LogP contribution in [-0.2, 0) is 28.7 Å². The van der Waals surface area contributed by atoms with E-state index in [1.807, 2.05) is 0 Å². The summed E-state index contributed by atoms with van der Waals surface area (Å²) < 4.78 is 68.1. The molecule has 9 heteroatoms. The summed E-state index contributed by atoms with van der Waals surface area (Å²) in [4.78, 5) is 14.1. The third-order valence-electron chi connectivity index (χ3n) is 2.57. The van der Waals surface area contributed by atoms with Gasteiger partial charge in [-0.15, -0.1) is 0 Å². The summed E-state index contributed by atoms with van der Waals surface area (Å²) in [5.74, 6) is -0.790. The predicted molar refractivity (Wildman–Crippen MR) is 57.8 cm³/mol. The molecule has 0 aliphatic heterocycles. The molecule has 0 aliphatic rings. The van der Waals surface area contributed by atoms with Crippen LogP contribution >= 0.6 is 0 Å². The highest BCUT2D eigenvalue weighted by Gasteiger charge is 2.39. The number of nitrogens with zero attached hydrogens (tertiary/aromatic N) is 1. The van der Waals surface area contributed by atoms with Crippen molar-refractivity contribution in [3.63, 3.8) is 0 Å². The molecule has 0 amide bonds. The number of alkyl halides is 5. The smallest absolute Gasteiger partial charge is 0.433 e. The molecule has 20 heavy (non-hydrogen) atoms. The molecule has 0 radical (unpaired) electrons. The second-order valence-electron chi connectivity index (χ2n) is 3.78. The molecular weight excluding hydrogens is 287 g/mol. The van der Waals surface area contributed by atoms with Crippen LogP contribution in [0, 0.1) is 0 Å². The molecule has 112 valence electrons. The molecule has 0 atom stereocenters. The van der Waals surface area contributed by atoms with E-state index >= 15 is 0 Å². The molecule has 0 aromatic carbocycles. The molecule has 4 nitrogen and oxygen atoms in total. The van der Waals surface area contributed by atoms with Crippen molar-refractivity contribution in [3.05, 3.63) is 28.6 Å². The molecule has 1 aromatic rings. The number of carbonyl (C=O) groups is 1. The lowest BCUT2D eigenvalue weighted by molar-refractivity contribution is -0.143. The molecule has 1 aromatic heterocycles. The fraction of sp³-hybridized carbons (Fsp3) is 0.455. The lowest BCUT2D eigenvalue weighted by Crippen LogP contribution is -2.19. The van der Waals surface area contributed by atoms with Crippen LogP contribution in [0.2, 0.25) is 0 Å². The van der Waals surface area contributed by atoms with Crippen LogP contribution in [0.25, 0.3) is 0 Å². The van der Waals surface area contributed by atoms with Gasteiger partial charge in [-0.2, -0.15) is 13.2 Å². The number of methoxy groups -OCH3 is 1. The number of carbonyl (C=O) groups excluding carboxylic acids is 1. The summed E-state index contributed by atoms with van der Waals surface area (Å²) in [6, 6.07) is 0. The lowest BCUT2D eigenvalue weighted by Gasteiger charge is -2.17. The molecule has 1 rings (SSSR count). The van der Waals surface area contributed by atoms with Crippen molar-refractivity contribution in [2.75, 3.05) is 7.11 Å². The number of aromatic nitrogens is 1. The summed E-state index contributed by atoms with van der Waals surface area (Å²) >= 11 is 0. The average Bonchev–Trinajstić information content (AvgIpc) is 2.36. The van der Waals surface area contributed by atoms with Crippen LogP contribution in [0.4, 0.5) is 22.0 Å². The number of esters is 1. The number of nitrogens with two attached hydrogens (primary N) is 1. The van der Waals surface area contributed by atoms with E-state index in [0.29, 0.717) is 6.20 Å². The quantitative estimate of drug-likeness (QED) is 0.683. The highest BCUT2D eigenvalue weighted by Crippen LogP contribution is 2.37. The van der Waals surface area contributed by atoms with Crippen molar-refractivity contribution < 1.29 is 31.5 Å². The fourth-order valence-electron chi connectivity index (χ4n) is 1.69. The van der Waals surface area contributed by atoms with Gasteiger partial charge in [-0.1, -0.05) is 0 Å². The molecule has 0 spiro atoms. The van der Waals surface area contributed by atoms with Crippen molar-refractivity contribution in [1.82, 2.24) is 4.98 Å². The van der Waals surface area contributed by atoms with E-state index in [1.54, 1.807) is 0 Å². The normalized spacial score (nSPS) is 11.8. The molecule has 0 aliphatic carbocycles. The number of ether oxygens (including phenoxy) is 1. The van der Waals surface area contributed by atoms with Gasteiger partial charge in [-0.25, -0.2) is 8.78 Å². The van der Waals surface area contributed by atoms with Gasteiger partial charge in [-0.05, 0) is 11.1 Å². The predicted octanol–water partition coefficient (Wildman–Crippen LogP) is 2.21. The second kappa shape index (κ2) is 6.12. The van der Waals surface area contributed by atoms with Crippen molar-refractivity contribution in [2.24, 2.45) is 5.73 Å². The standard InChI is InChI=1S/C11H11F5N2O2/c1-20-7(19)2-5-4-18-9(11(14,15)16)8(10(12)13)6(5)3-17/h4,10H,2-3,17H2,1H3. The molecule has 2 N–H and O–H groups in total. The first-order valence-electron chi connectivity index (χ1n) is 5.35. The summed E-state index contributed by atoms with van der Waals surface area (Å²) in [6.07, 6.45) is -8.20. The van der Waals surface area contributed by atoms with Gasteiger partial charge in [0, 0.05) is 12.7 Å². The van der Waals surface area contributed by atoms with Crippen molar-refractivity contribution in [2.45, 2.75) is 25.6 Å². The van der Waals surface area contributed by atoms with E-state index in [2.05, 4.69) is 9.72 Å².